The van der Waals surface area contributed by atoms with Crippen molar-refractivity contribution in [3.63, 3.8) is 0 Å². The molecule has 35 heavy (non-hydrogen) atoms. The van der Waals surface area contributed by atoms with Crippen molar-refractivity contribution in [2.75, 3.05) is 16.8 Å². The molecule has 1 aliphatic heterocycles. The van der Waals surface area contributed by atoms with E-state index in [2.05, 4.69) is 10.0 Å². The standard InChI is InChI=1S/C25H29N3O6S/c1-3-17(2)27-35(32,33)19-12-10-18(11-13-19)23(30)34-16-22(29)28-21-9-5-4-8-20(21)26-24(31)25(28)14-6-7-15-25/h4-5,8-13,17,27H,3,6-7,14-16H2,1-2H3,(H,26,31). The van der Waals surface area contributed by atoms with Gasteiger partial charge in [0, 0.05) is 6.04 Å². The lowest BCUT2D eigenvalue weighted by molar-refractivity contribution is -0.129. The fourth-order valence-electron chi connectivity index (χ4n) is 4.59. The predicted molar refractivity (Wildman–Crippen MR) is 131 cm³/mol. The maximum absolute atomic E-state index is 13.3. The van der Waals surface area contributed by atoms with E-state index >= 15 is 0 Å². The highest BCUT2D eigenvalue weighted by Crippen LogP contribution is 2.45. The number of sulfonamides is 1. The van der Waals surface area contributed by atoms with Crippen LogP contribution >= 0.6 is 0 Å². The molecule has 1 aliphatic carbocycles. The summed E-state index contributed by atoms with van der Waals surface area (Å²) in [5.41, 5.74) is 0.250. The number of benzene rings is 2. The zero-order chi connectivity index (χ0) is 25.2. The van der Waals surface area contributed by atoms with Gasteiger partial charge in [-0.25, -0.2) is 17.9 Å². The summed E-state index contributed by atoms with van der Waals surface area (Å²) in [7, 11) is -3.70. The van der Waals surface area contributed by atoms with Crippen LogP contribution in [0.4, 0.5) is 11.4 Å². The first-order chi connectivity index (χ1) is 16.7. The second-order valence-electron chi connectivity index (χ2n) is 8.97. The Morgan fingerprint density at radius 3 is 2.43 bits per heavy atom. The summed E-state index contributed by atoms with van der Waals surface area (Å²) in [4.78, 5) is 40.4. The van der Waals surface area contributed by atoms with Gasteiger partial charge in [-0.15, -0.1) is 0 Å². The van der Waals surface area contributed by atoms with Gasteiger partial charge in [-0.1, -0.05) is 31.9 Å². The fraction of sp³-hybridized carbons (Fsp3) is 0.400. The van der Waals surface area contributed by atoms with Gasteiger partial charge in [0.25, 0.3) is 11.8 Å². The summed E-state index contributed by atoms with van der Waals surface area (Å²) in [6.07, 6.45) is 3.35. The van der Waals surface area contributed by atoms with Crippen LogP contribution in [0.15, 0.2) is 53.4 Å². The van der Waals surface area contributed by atoms with Crippen LogP contribution in [0.5, 0.6) is 0 Å². The second kappa shape index (κ2) is 9.79. The van der Waals surface area contributed by atoms with Gasteiger partial charge in [-0.2, -0.15) is 0 Å². The SMILES string of the molecule is CCC(C)NS(=O)(=O)c1ccc(C(=O)OCC(=O)N2c3ccccc3NC(=O)C23CCCC3)cc1. The van der Waals surface area contributed by atoms with E-state index in [9.17, 15) is 22.8 Å². The van der Waals surface area contributed by atoms with Crippen molar-refractivity contribution in [3.05, 3.63) is 54.1 Å². The molecule has 2 amide bonds. The van der Waals surface area contributed by atoms with Crippen LogP contribution in [0, 0.1) is 0 Å². The molecule has 1 saturated carbocycles. The summed E-state index contributed by atoms with van der Waals surface area (Å²) in [5.74, 6) is -1.47. The number of hydrogen-bond donors (Lipinski definition) is 2. The van der Waals surface area contributed by atoms with E-state index in [1.165, 1.54) is 29.2 Å². The molecular weight excluding hydrogens is 470 g/mol. The lowest BCUT2D eigenvalue weighted by atomic mass is 9.90. The van der Waals surface area contributed by atoms with Crippen LogP contribution in [0.2, 0.25) is 0 Å². The van der Waals surface area contributed by atoms with E-state index in [4.69, 9.17) is 4.74 Å². The molecular formula is C25H29N3O6S. The fourth-order valence-corrected chi connectivity index (χ4v) is 5.92. The molecule has 4 rings (SSSR count). The zero-order valence-corrected chi connectivity index (χ0v) is 20.6. The molecule has 0 aromatic heterocycles. The van der Waals surface area contributed by atoms with E-state index in [1.54, 1.807) is 31.2 Å². The van der Waals surface area contributed by atoms with Gasteiger partial charge in [-0.05, 0) is 62.6 Å². The number of carbonyl (C=O) groups is 3. The highest BCUT2D eigenvalue weighted by molar-refractivity contribution is 7.89. The summed E-state index contributed by atoms with van der Waals surface area (Å²) >= 11 is 0. The van der Waals surface area contributed by atoms with Crippen molar-refractivity contribution < 1.29 is 27.5 Å². The lowest BCUT2D eigenvalue weighted by Crippen LogP contribution is -2.61. The van der Waals surface area contributed by atoms with Gasteiger partial charge in [0.2, 0.25) is 10.0 Å². The summed E-state index contributed by atoms with van der Waals surface area (Å²) in [6.45, 7) is 3.09. The maximum atomic E-state index is 13.3. The average molecular weight is 500 g/mol. The van der Waals surface area contributed by atoms with Gasteiger partial charge in [0.05, 0.1) is 21.8 Å². The van der Waals surface area contributed by atoms with Crippen LogP contribution in [0.3, 0.4) is 0 Å². The first-order valence-corrected chi connectivity index (χ1v) is 13.2. The Labute approximate surface area is 204 Å². The molecule has 9 nitrogen and oxygen atoms in total. The summed E-state index contributed by atoms with van der Waals surface area (Å²) < 4.78 is 32.7. The quantitative estimate of drug-likeness (QED) is 0.564. The number of anilines is 2. The van der Waals surface area contributed by atoms with Gasteiger partial charge in [0.15, 0.2) is 6.61 Å². The summed E-state index contributed by atoms with van der Waals surface area (Å²) in [6, 6.07) is 12.2. The Morgan fingerprint density at radius 1 is 1.11 bits per heavy atom. The molecule has 1 fully saturated rings. The molecule has 1 heterocycles. The number of fused-ring (bicyclic) bond motifs is 1. The van der Waals surface area contributed by atoms with E-state index in [1.807, 2.05) is 6.92 Å². The van der Waals surface area contributed by atoms with Crippen LogP contribution in [0.1, 0.15) is 56.3 Å². The van der Waals surface area contributed by atoms with Crippen molar-refractivity contribution in [2.24, 2.45) is 0 Å². The number of esters is 1. The Balaban J connectivity index is 1.48. The van der Waals surface area contributed by atoms with Crippen molar-refractivity contribution in [3.8, 4) is 0 Å². The number of rotatable bonds is 7. The zero-order valence-electron chi connectivity index (χ0n) is 19.7. The molecule has 2 N–H and O–H groups in total. The van der Waals surface area contributed by atoms with E-state index in [-0.39, 0.29) is 22.4 Å². The predicted octanol–water partition coefficient (Wildman–Crippen LogP) is 3.22. The third-order valence-corrected chi connectivity index (χ3v) is 8.23. The Hall–Kier alpha value is -3.24. The number of amides is 2. The highest BCUT2D eigenvalue weighted by Gasteiger charge is 2.52. The molecule has 2 aromatic rings. The number of hydrogen-bond acceptors (Lipinski definition) is 6. The average Bonchev–Trinajstić information content (AvgIpc) is 3.33. The Morgan fingerprint density at radius 2 is 1.77 bits per heavy atom. The van der Waals surface area contributed by atoms with Crippen molar-refractivity contribution in [1.29, 1.82) is 0 Å². The van der Waals surface area contributed by atoms with Crippen molar-refractivity contribution >= 4 is 39.2 Å². The van der Waals surface area contributed by atoms with Gasteiger partial charge >= 0.3 is 5.97 Å². The monoisotopic (exact) mass is 499 g/mol. The molecule has 0 bridgehead atoms. The third kappa shape index (κ3) is 4.81. The number of nitrogens with zero attached hydrogens (tertiary/aromatic N) is 1. The Kier molecular flexibility index (Phi) is 6.95. The second-order valence-corrected chi connectivity index (χ2v) is 10.7. The van der Waals surface area contributed by atoms with Gasteiger partial charge < -0.3 is 10.1 Å². The molecule has 0 saturated heterocycles. The first-order valence-electron chi connectivity index (χ1n) is 11.7. The number of para-hydroxylation sites is 2. The topological polar surface area (TPSA) is 122 Å². The normalized spacial score (nSPS) is 17.5. The number of carbonyl (C=O) groups excluding carboxylic acids is 3. The molecule has 1 atom stereocenters. The highest BCUT2D eigenvalue weighted by atomic mass is 32.2. The van der Waals surface area contributed by atoms with Gasteiger partial charge in [-0.3, -0.25) is 14.5 Å². The van der Waals surface area contributed by atoms with Crippen LogP contribution in [-0.4, -0.2) is 44.4 Å². The van der Waals surface area contributed by atoms with Crippen LogP contribution < -0.4 is 14.9 Å². The number of nitrogens with one attached hydrogen (secondary N) is 2. The minimum absolute atomic E-state index is 0.0320. The van der Waals surface area contributed by atoms with Crippen LogP contribution in [-0.2, 0) is 24.3 Å². The van der Waals surface area contributed by atoms with Crippen molar-refractivity contribution in [1.82, 2.24) is 4.72 Å². The molecule has 1 spiro atoms. The largest absolute Gasteiger partial charge is 0.452 e. The molecule has 186 valence electrons. The Bertz CT molecular complexity index is 1240. The summed E-state index contributed by atoms with van der Waals surface area (Å²) in [5, 5.41) is 2.91. The van der Waals surface area contributed by atoms with E-state index < -0.39 is 34.0 Å². The molecule has 0 radical (unpaired) electrons. The maximum Gasteiger partial charge on any atom is 0.338 e. The minimum Gasteiger partial charge on any atom is -0.452 e. The smallest absolute Gasteiger partial charge is 0.338 e. The molecule has 2 aromatic carbocycles. The molecule has 1 unspecified atom stereocenters. The number of ether oxygens (including phenoxy) is 1. The lowest BCUT2D eigenvalue weighted by Gasteiger charge is -2.44. The third-order valence-electron chi connectivity index (χ3n) is 6.62. The minimum atomic E-state index is -3.70. The van der Waals surface area contributed by atoms with Gasteiger partial charge in [0.1, 0.15) is 5.54 Å². The van der Waals surface area contributed by atoms with E-state index in [0.29, 0.717) is 30.6 Å². The first kappa shape index (κ1) is 24.9. The van der Waals surface area contributed by atoms with Crippen molar-refractivity contribution in [2.45, 2.75) is 62.4 Å². The van der Waals surface area contributed by atoms with E-state index in [0.717, 1.165) is 12.8 Å². The molecule has 2 aliphatic rings. The molecule has 10 heteroatoms. The van der Waals surface area contributed by atoms with Crippen LogP contribution in [0.25, 0.3) is 0 Å².